The van der Waals surface area contributed by atoms with Gasteiger partial charge in [-0.1, -0.05) is 37.6 Å². The lowest BCUT2D eigenvalue weighted by Gasteiger charge is -2.00. The van der Waals surface area contributed by atoms with Gasteiger partial charge in [-0.15, -0.1) is 0 Å². The summed E-state index contributed by atoms with van der Waals surface area (Å²) >= 11 is 0. The average molecular weight is 242 g/mol. The van der Waals surface area contributed by atoms with Gasteiger partial charge in [0.25, 0.3) is 0 Å². The lowest BCUT2D eigenvalue weighted by molar-refractivity contribution is 0.111. The van der Waals surface area contributed by atoms with Crippen molar-refractivity contribution in [3.05, 3.63) is 41.6 Å². The molecule has 0 bridgehead atoms. The molecule has 1 heterocycles. The maximum atomic E-state index is 10.9. The van der Waals surface area contributed by atoms with E-state index >= 15 is 0 Å². The van der Waals surface area contributed by atoms with E-state index in [4.69, 9.17) is 0 Å². The van der Waals surface area contributed by atoms with Crippen LogP contribution in [0.25, 0.3) is 11.3 Å². The van der Waals surface area contributed by atoms with E-state index < -0.39 is 0 Å². The summed E-state index contributed by atoms with van der Waals surface area (Å²) in [5.74, 6) is 0. The number of aldehydes is 1. The second-order valence-electron chi connectivity index (χ2n) is 4.33. The number of hydrogen-bond donors (Lipinski definition) is 0. The van der Waals surface area contributed by atoms with E-state index in [0.29, 0.717) is 12.2 Å². The molecule has 0 radical (unpaired) electrons. The smallest absolute Gasteiger partial charge is 0.168 e. The van der Waals surface area contributed by atoms with Crippen LogP contribution < -0.4 is 0 Å². The van der Waals surface area contributed by atoms with Gasteiger partial charge in [-0.2, -0.15) is 5.10 Å². The molecule has 0 spiro atoms. The van der Waals surface area contributed by atoms with E-state index in [-0.39, 0.29) is 0 Å². The van der Waals surface area contributed by atoms with Crippen LogP contribution in [-0.2, 0) is 13.0 Å². The number of benzene rings is 1. The Morgan fingerprint density at radius 3 is 2.44 bits per heavy atom. The standard InChI is InChI=1S/C15H18N2O/c1-3-5-12-6-8-13(9-7-12)15-10-14(11-18)17(4-2)16-15/h6-11H,3-5H2,1-2H3. The zero-order valence-electron chi connectivity index (χ0n) is 10.9. The predicted octanol–water partition coefficient (Wildman–Crippen LogP) is 3.34. The molecule has 0 saturated carbocycles. The summed E-state index contributed by atoms with van der Waals surface area (Å²) in [6.07, 6.45) is 3.10. The molecule has 1 aromatic heterocycles. The number of aromatic nitrogens is 2. The number of nitrogens with zero attached hydrogens (tertiary/aromatic N) is 2. The third kappa shape index (κ3) is 2.50. The van der Waals surface area contributed by atoms with Gasteiger partial charge >= 0.3 is 0 Å². The zero-order valence-corrected chi connectivity index (χ0v) is 10.9. The maximum Gasteiger partial charge on any atom is 0.168 e. The molecule has 1 aromatic carbocycles. The SMILES string of the molecule is CCCc1ccc(-c2cc(C=O)n(CC)n2)cc1. The van der Waals surface area contributed by atoms with Gasteiger partial charge in [0.05, 0.1) is 5.69 Å². The molecular formula is C15H18N2O. The average Bonchev–Trinajstić information content (AvgIpc) is 2.83. The van der Waals surface area contributed by atoms with Crippen LogP contribution in [0.3, 0.4) is 0 Å². The fourth-order valence-corrected chi connectivity index (χ4v) is 2.05. The van der Waals surface area contributed by atoms with Crippen molar-refractivity contribution >= 4 is 6.29 Å². The molecule has 0 fully saturated rings. The number of carbonyl (C=O) groups is 1. The summed E-state index contributed by atoms with van der Waals surface area (Å²) in [6, 6.07) is 10.2. The van der Waals surface area contributed by atoms with Crippen LogP contribution in [0, 0.1) is 0 Å². The maximum absolute atomic E-state index is 10.9. The molecule has 3 nitrogen and oxygen atoms in total. The van der Waals surface area contributed by atoms with E-state index in [2.05, 4.69) is 36.3 Å². The molecule has 0 amide bonds. The van der Waals surface area contributed by atoms with Crippen molar-refractivity contribution < 1.29 is 4.79 Å². The van der Waals surface area contributed by atoms with E-state index in [0.717, 1.165) is 30.4 Å². The van der Waals surface area contributed by atoms with Crippen LogP contribution in [0.1, 0.15) is 36.3 Å². The minimum absolute atomic E-state index is 0.630. The number of aryl methyl sites for hydroxylation is 2. The Labute approximate surface area is 107 Å². The molecule has 0 atom stereocenters. The molecule has 0 saturated heterocycles. The highest BCUT2D eigenvalue weighted by Crippen LogP contribution is 2.19. The Kier molecular flexibility index (Phi) is 3.92. The predicted molar refractivity (Wildman–Crippen MR) is 72.7 cm³/mol. The minimum atomic E-state index is 0.630. The first kappa shape index (κ1) is 12.6. The number of rotatable bonds is 5. The number of hydrogen-bond acceptors (Lipinski definition) is 2. The van der Waals surface area contributed by atoms with Crippen molar-refractivity contribution in [2.45, 2.75) is 33.2 Å². The fourth-order valence-electron chi connectivity index (χ4n) is 2.05. The van der Waals surface area contributed by atoms with E-state index in [1.54, 1.807) is 4.68 Å². The van der Waals surface area contributed by atoms with Gasteiger partial charge in [-0.3, -0.25) is 9.48 Å². The van der Waals surface area contributed by atoms with Crippen molar-refractivity contribution in [3.8, 4) is 11.3 Å². The molecule has 0 N–H and O–H groups in total. The first-order valence-electron chi connectivity index (χ1n) is 6.40. The summed E-state index contributed by atoms with van der Waals surface area (Å²) in [5, 5.41) is 4.43. The molecule has 2 rings (SSSR count). The fraction of sp³-hybridized carbons (Fsp3) is 0.333. The summed E-state index contributed by atoms with van der Waals surface area (Å²) in [6.45, 7) is 4.86. The minimum Gasteiger partial charge on any atom is -0.296 e. The lowest BCUT2D eigenvalue weighted by Crippen LogP contribution is -2.00. The highest BCUT2D eigenvalue weighted by atomic mass is 16.1. The Hall–Kier alpha value is -1.90. The Bertz CT molecular complexity index is 526. The monoisotopic (exact) mass is 242 g/mol. The van der Waals surface area contributed by atoms with Gasteiger partial charge in [0.15, 0.2) is 6.29 Å². The van der Waals surface area contributed by atoms with E-state index in [1.165, 1.54) is 5.56 Å². The Morgan fingerprint density at radius 2 is 1.94 bits per heavy atom. The molecule has 3 heteroatoms. The van der Waals surface area contributed by atoms with Crippen molar-refractivity contribution in [2.75, 3.05) is 0 Å². The highest BCUT2D eigenvalue weighted by molar-refractivity contribution is 5.75. The lowest BCUT2D eigenvalue weighted by atomic mass is 10.1. The second-order valence-corrected chi connectivity index (χ2v) is 4.33. The first-order chi connectivity index (χ1) is 8.78. The van der Waals surface area contributed by atoms with Crippen LogP contribution in [-0.4, -0.2) is 16.1 Å². The van der Waals surface area contributed by atoms with Crippen molar-refractivity contribution in [2.24, 2.45) is 0 Å². The summed E-state index contributed by atoms with van der Waals surface area (Å²) < 4.78 is 1.72. The van der Waals surface area contributed by atoms with Crippen LogP contribution in [0.5, 0.6) is 0 Å². The highest BCUT2D eigenvalue weighted by Gasteiger charge is 2.07. The normalized spacial score (nSPS) is 10.6. The molecule has 0 aliphatic rings. The summed E-state index contributed by atoms with van der Waals surface area (Å²) in [7, 11) is 0. The van der Waals surface area contributed by atoms with Gasteiger partial charge in [0, 0.05) is 12.1 Å². The molecule has 0 aliphatic carbocycles. The van der Waals surface area contributed by atoms with Gasteiger partial charge in [0.2, 0.25) is 0 Å². The van der Waals surface area contributed by atoms with Crippen LogP contribution in [0.2, 0.25) is 0 Å². The van der Waals surface area contributed by atoms with E-state index in [1.807, 2.05) is 13.0 Å². The third-order valence-corrected chi connectivity index (χ3v) is 3.02. The molecular weight excluding hydrogens is 224 g/mol. The summed E-state index contributed by atoms with van der Waals surface area (Å²) in [4.78, 5) is 10.9. The molecule has 94 valence electrons. The Morgan fingerprint density at radius 1 is 1.22 bits per heavy atom. The van der Waals surface area contributed by atoms with Crippen LogP contribution >= 0.6 is 0 Å². The quantitative estimate of drug-likeness (QED) is 0.754. The van der Waals surface area contributed by atoms with E-state index in [9.17, 15) is 4.79 Å². The van der Waals surface area contributed by atoms with Crippen LogP contribution in [0.4, 0.5) is 0 Å². The van der Waals surface area contributed by atoms with Crippen LogP contribution in [0.15, 0.2) is 30.3 Å². The first-order valence-corrected chi connectivity index (χ1v) is 6.40. The van der Waals surface area contributed by atoms with Crippen molar-refractivity contribution in [1.29, 1.82) is 0 Å². The van der Waals surface area contributed by atoms with Gasteiger partial charge in [-0.05, 0) is 25.0 Å². The van der Waals surface area contributed by atoms with Crippen molar-refractivity contribution in [3.63, 3.8) is 0 Å². The molecule has 0 unspecified atom stereocenters. The topological polar surface area (TPSA) is 34.9 Å². The largest absolute Gasteiger partial charge is 0.296 e. The second kappa shape index (κ2) is 5.63. The van der Waals surface area contributed by atoms with Gasteiger partial charge in [0.1, 0.15) is 5.69 Å². The molecule has 18 heavy (non-hydrogen) atoms. The zero-order chi connectivity index (χ0) is 13.0. The molecule has 0 aliphatic heterocycles. The molecule has 2 aromatic rings. The third-order valence-electron chi connectivity index (χ3n) is 3.02. The Balaban J connectivity index is 2.30. The van der Waals surface area contributed by atoms with Crippen molar-refractivity contribution in [1.82, 2.24) is 9.78 Å². The van der Waals surface area contributed by atoms with Gasteiger partial charge < -0.3 is 0 Å². The summed E-state index contributed by atoms with van der Waals surface area (Å²) in [5.41, 5.74) is 3.89. The number of carbonyl (C=O) groups excluding carboxylic acids is 1. The van der Waals surface area contributed by atoms with Gasteiger partial charge in [-0.25, -0.2) is 0 Å².